The molecule has 1 aromatic rings. The molecule has 0 aromatic heterocycles. The van der Waals surface area contributed by atoms with Crippen LogP contribution in [0.25, 0.3) is 0 Å². The Morgan fingerprint density at radius 1 is 1.00 bits per heavy atom. The summed E-state index contributed by atoms with van der Waals surface area (Å²) < 4.78 is 15.9. The van der Waals surface area contributed by atoms with Crippen molar-refractivity contribution in [2.75, 3.05) is 27.9 Å². The fourth-order valence-electron chi connectivity index (χ4n) is 1.72. The number of ether oxygens (including phenoxy) is 3. The SMILES string of the molecule is COc1ccc(C#CCCCCN)c(OC)c1OC. The predicted octanol–water partition coefficient (Wildman–Crippen LogP) is 2.19. The number of methoxy groups -OCH3 is 3. The Morgan fingerprint density at radius 2 is 1.74 bits per heavy atom. The van der Waals surface area contributed by atoms with Gasteiger partial charge in [-0.15, -0.1) is 0 Å². The Hall–Kier alpha value is -1.86. The van der Waals surface area contributed by atoms with Gasteiger partial charge in [-0.25, -0.2) is 0 Å². The normalized spacial score (nSPS) is 9.47. The highest BCUT2D eigenvalue weighted by molar-refractivity contribution is 5.60. The molecule has 0 aliphatic rings. The molecule has 0 atom stereocenters. The van der Waals surface area contributed by atoms with E-state index in [0.717, 1.165) is 24.8 Å². The van der Waals surface area contributed by atoms with Gasteiger partial charge in [0, 0.05) is 6.42 Å². The number of unbranched alkanes of at least 4 members (excludes halogenated alkanes) is 2. The molecule has 4 nitrogen and oxygen atoms in total. The average Bonchev–Trinajstić information content (AvgIpc) is 2.45. The summed E-state index contributed by atoms with van der Waals surface area (Å²) in [7, 11) is 4.77. The maximum atomic E-state index is 5.44. The van der Waals surface area contributed by atoms with Gasteiger partial charge < -0.3 is 19.9 Å². The number of hydrogen-bond donors (Lipinski definition) is 1. The molecule has 0 unspecified atom stereocenters. The first-order valence-corrected chi connectivity index (χ1v) is 6.26. The van der Waals surface area contributed by atoms with Crippen LogP contribution in [-0.2, 0) is 0 Å². The van der Waals surface area contributed by atoms with Gasteiger partial charge in [0.2, 0.25) is 5.75 Å². The van der Waals surface area contributed by atoms with Crippen molar-refractivity contribution in [3.63, 3.8) is 0 Å². The van der Waals surface area contributed by atoms with Gasteiger partial charge in [0.25, 0.3) is 0 Å². The Balaban J connectivity index is 2.94. The number of hydrogen-bond acceptors (Lipinski definition) is 4. The van der Waals surface area contributed by atoms with Crippen molar-refractivity contribution in [3.8, 4) is 29.1 Å². The molecule has 2 N–H and O–H groups in total. The Labute approximate surface area is 114 Å². The van der Waals surface area contributed by atoms with Gasteiger partial charge in [0.05, 0.1) is 26.9 Å². The summed E-state index contributed by atoms with van der Waals surface area (Å²) >= 11 is 0. The molecule has 0 amide bonds. The Bertz CT molecular complexity index is 460. The van der Waals surface area contributed by atoms with Gasteiger partial charge in [-0.05, 0) is 31.5 Å². The van der Waals surface area contributed by atoms with Crippen LogP contribution in [0, 0.1) is 11.8 Å². The lowest BCUT2D eigenvalue weighted by molar-refractivity contribution is 0.324. The van der Waals surface area contributed by atoms with Crippen LogP contribution in [-0.4, -0.2) is 27.9 Å². The van der Waals surface area contributed by atoms with Crippen molar-refractivity contribution in [2.45, 2.75) is 19.3 Å². The summed E-state index contributed by atoms with van der Waals surface area (Å²) in [5.41, 5.74) is 6.24. The minimum absolute atomic E-state index is 0.568. The van der Waals surface area contributed by atoms with E-state index in [1.165, 1.54) is 0 Å². The standard InChI is InChI=1S/C15H21NO3/c1-17-13-10-9-12(8-6-4-5-7-11-16)14(18-2)15(13)19-3/h9-10H,4-5,7,11,16H2,1-3H3. The van der Waals surface area contributed by atoms with E-state index in [4.69, 9.17) is 19.9 Å². The first-order chi connectivity index (χ1) is 9.28. The molecule has 0 aliphatic carbocycles. The largest absolute Gasteiger partial charge is 0.493 e. The maximum absolute atomic E-state index is 5.44. The predicted molar refractivity (Wildman–Crippen MR) is 75.9 cm³/mol. The van der Waals surface area contributed by atoms with E-state index in [-0.39, 0.29) is 0 Å². The van der Waals surface area contributed by atoms with E-state index in [1.807, 2.05) is 12.1 Å². The van der Waals surface area contributed by atoms with Crippen LogP contribution in [0.1, 0.15) is 24.8 Å². The monoisotopic (exact) mass is 263 g/mol. The zero-order valence-corrected chi connectivity index (χ0v) is 11.8. The maximum Gasteiger partial charge on any atom is 0.204 e. The van der Waals surface area contributed by atoms with Gasteiger partial charge in [0.1, 0.15) is 0 Å². The van der Waals surface area contributed by atoms with E-state index in [9.17, 15) is 0 Å². The third-order valence-corrected chi connectivity index (χ3v) is 2.68. The average molecular weight is 263 g/mol. The molecule has 1 aromatic carbocycles. The molecule has 0 fully saturated rings. The minimum atomic E-state index is 0.568. The fourth-order valence-corrected chi connectivity index (χ4v) is 1.72. The van der Waals surface area contributed by atoms with Crippen LogP contribution in [0.2, 0.25) is 0 Å². The second-order valence-corrected chi connectivity index (χ2v) is 3.93. The Morgan fingerprint density at radius 3 is 2.32 bits per heavy atom. The van der Waals surface area contributed by atoms with E-state index >= 15 is 0 Å². The third-order valence-electron chi connectivity index (χ3n) is 2.68. The molecular formula is C15H21NO3. The number of nitrogens with two attached hydrogens (primary N) is 1. The zero-order chi connectivity index (χ0) is 14.1. The highest BCUT2D eigenvalue weighted by Gasteiger charge is 2.14. The van der Waals surface area contributed by atoms with Crippen LogP contribution < -0.4 is 19.9 Å². The molecule has 0 heterocycles. The number of rotatable bonds is 6. The highest BCUT2D eigenvalue weighted by atomic mass is 16.5. The van der Waals surface area contributed by atoms with Gasteiger partial charge >= 0.3 is 0 Å². The first-order valence-electron chi connectivity index (χ1n) is 6.26. The highest BCUT2D eigenvalue weighted by Crippen LogP contribution is 2.39. The molecule has 4 heteroatoms. The van der Waals surface area contributed by atoms with Crippen molar-refractivity contribution >= 4 is 0 Å². The van der Waals surface area contributed by atoms with E-state index < -0.39 is 0 Å². The summed E-state index contributed by atoms with van der Waals surface area (Å²) in [6.45, 7) is 0.710. The van der Waals surface area contributed by atoms with Gasteiger partial charge in [-0.2, -0.15) is 0 Å². The van der Waals surface area contributed by atoms with Crippen molar-refractivity contribution in [1.29, 1.82) is 0 Å². The Kier molecular flexibility index (Phi) is 6.62. The van der Waals surface area contributed by atoms with Gasteiger partial charge in [-0.1, -0.05) is 11.8 Å². The first kappa shape index (κ1) is 15.2. The van der Waals surface area contributed by atoms with Crippen LogP contribution in [0.3, 0.4) is 0 Å². The van der Waals surface area contributed by atoms with Gasteiger partial charge in [0.15, 0.2) is 11.5 Å². The molecule has 1 rings (SSSR count). The fraction of sp³-hybridized carbons (Fsp3) is 0.467. The molecule has 0 radical (unpaired) electrons. The van der Waals surface area contributed by atoms with Crippen molar-refractivity contribution in [1.82, 2.24) is 0 Å². The second kappa shape index (κ2) is 8.28. The van der Waals surface area contributed by atoms with Crippen molar-refractivity contribution in [2.24, 2.45) is 5.73 Å². The second-order valence-electron chi connectivity index (χ2n) is 3.93. The number of benzene rings is 1. The van der Waals surface area contributed by atoms with Crippen molar-refractivity contribution < 1.29 is 14.2 Å². The molecule has 104 valence electrons. The summed E-state index contributed by atoms with van der Waals surface area (Å²) in [6.07, 6.45) is 2.84. The topological polar surface area (TPSA) is 53.7 Å². The summed E-state index contributed by atoms with van der Waals surface area (Å²) in [4.78, 5) is 0. The van der Waals surface area contributed by atoms with Crippen LogP contribution in [0.15, 0.2) is 12.1 Å². The molecule has 0 bridgehead atoms. The van der Waals surface area contributed by atoms with Crippen LogP contribution >= 0.6 is 0 Å². The van der Waals surface area contributed by atoms with E-state index in [0.29, 0.717) is 23.8 Å². The van der Waals surface area contributed by atoms with E-state index in [1.54, 1.807) is 21.3 Å². The molecule has 0 saturated heterocycles. The minimum Gasteiger partial charge on any atom is -0.493 e. The van der Waals surface area contributed by atoms with Crippen LogP contribution in [0.5, 0.6) is 17.2 Å². The molecule has 0 spiro atoms. The lowest BCUT2D eigenvalue weighted by Gasteiger charge is -2.13. The molecule has 0 aliphatic heterocycles. The lowest BCUT2D eigenvalue weighted by Crippen LogP contribution is -1.97. The molecule has 0 saturated carbocycles. The lowest BCUT2D eigenvalue weighted by atomic mass is 10.1. The molecular weight excluding hydrogens is 242 g/mol. The summed E-state index contributed by atoms with van der Waals surface area (Å²) in [6, 6.07) is 3.70. The van der Waals surface area contributed by atoms with Gasteiger partial charge in [-0.3, -0.25) is 0 Å². The molecule has 19 heavy (non-hydrogen) atoms. The zero-order valence-electron chi connectivity index (χ0n) is 11.8. The van der Waals surface area contributed by atoms with Crippen molar-refractivity contribution in [3.05, 3.63) is 17.7 Å². The third kappa shape index (κ3) is 4.08. The summed E-state index contributed by atoms with van der Waals surface area (Å²) in [5.74, 6) is 8.02. The smallest absolute Gasteiger partial charge is 0.204 e. The summed E-state index contributed by atoms with van der Waals surface area (Å²) in [5, 5.41) is 0. The van der Waals surface area contributed by atoms with E-state index in [2.05, 4.69) is 11.8 Å². The quantitative estimate of drug-likeness (QED) is 0.631. The van der Waals surface area contributed by atoms with Crippen LogP contribution in [0.4, 0.5) is 0 Å².